The molecular formula is C13H12FN3O2. The van der Waals surface area contributed by atoms with Gasteiger partial charge in [-0.25, -0.2) is 4.39 Å². The molecule has 1 fully saturated rings. The lowest BCUT2D eigenvalue weighted by atomic mass is 10.0. The molecule has 1 saturated heterocycles. The lowest BCUT2D eigenvalue weighted by Gasteiger charge is -2.28. The second-order valence-corrected chi connectivity index (χ2v) is 4.38. The van der Waals surface area contributed by atoms with Gasteiger partial charge in [0, 0.05) is 12.0 Å². The Labute approximate surface area is 109 Å². The number of nitriles is 1. The van der Waals surface area contributed by atoms with Gasteiger partial charge in [-0.05, 0) is 24.6 Å². The lowest BCUT2D eigenvalue weighted by Crippen LogP contribution is -2.50. The van der Waals surface area contributed by atoms with Crippen molar-refractivity contribution in [2.24, 2.45) is 5.73 Å². The summed E-state index contributed by atoms with van der Waals surface area (Å²) in [6.07, 6.45) is 0.487. The fraction of sp³-hybridized carbons (Fsp3) is 0.308. The third-order valence-electron chi connectivity index (χ3n) is 3.06. The molecule has 1 aromatic carbocycles. The Morgan fingerprint density at radius 3 is 2.89 bits per heavy atom. The Morgan fingerprint density at radius 2 is 2.21 bits per heavy atom. The van der Waals surface area contributed by atoms with Gasteiger partial charge in [-0.3, -0.25) is 14.5 Å². The molecule has 98 valence electrons. The smallest absolute Gasteiger partial charge is 0.246 e. The maximum absolute atomic E-state index is 13.6. The number of nitrogens with zero attached hydrogens (tertiary/aromatic N) is 2. The van der Waals surface area contributed by atoms with Gasteiger partial charge in [0.1, 0.15) is 5.82 Å². The summed E-state index contributed by atoms with van der Waals surface area (Å²) in [4.78, 5) is 24.4. The standard InChI is InChI=1S/C13H12FN3O2/c14-10-2-1-8(6-15)5-9(10)7-17-12(18)4-3-11(16)13(17)19/h1-2,5,11H,3-4,7,16H2. The maximum Gasteiger partial charge on any atom is 0.246 e. The van der Waals surface area contributed by atoms with E-state index in [4.69, 9.17) is 11.0 Å². The zero-order valence-corrected chi connectivity index (χ0v) is 10.1. The van der Waals surface area contributed by atoms with E-state index in [0.717, 1.165) is 11.0 Å². The highest BCUT2D eigenvalue weighted by molar-refractivity contribution is 6.00. The number of nitrogens with two attached hydrogens (primary N) is 1. The number of hydrogen-bond donors (Lipinski definition) is 1. The van der Waals surface area contributed by atoms with Crippen molar-refractivity contribution in [3.8, 4) is 6.07 Å². The predicted molar refractivity (Wildman–Crippen MR) is 63.9 cm³/mol. The van der Waals surface area contributed by atoms with Crippen LogP contribution >= 0.6 is 0 Å². The number of likely N-dealkylation sites (tertiary alicyclic amines) is 1. The molecule has 1 aromatic rings. The number of carbonyl (C=O) groups is 2. The zero-order valence-electron chi connectivity index (χ0n) is 10.1. The molecule has 0 radical (unpaired) electrons. The summed E-state index contributed by atoms with van der Waals surface area (Å²) in [5.41, 5.74) is 6.00. The third kappa shape index (κ3) is 2.61. The fourth-order valence-electron chi connectivity index (χ4n) is 1.96. The molecule has 0 saturated carbocycles. The van der Waals surface area contributed by atoms with Gasteiger partial charge in [-0.1, -0.05) is 0 Å². The van der Waals surface area contributed by atoms with E-state index in [0.29, 0.717) is 6.42 Å². The van der Waals surface area contributed by atoms with Gasteiger partial charge in [-0.2, -0.15) is 5.26 Å². The number of benzene rings is 1. The Kier molecular flexibility index (Phi) is 3.58. The first-order chi connectivity index (χ1) is 9.02. The summed E-state index contributed by atoms with van der Waals surface area (Å²) >= 11 is 0. The number of halogens is 1. The predicted octanol–water partition coefficient (Wildman–Crippen LogP) is 0.674. The number of hydrogen-bond acceptors (Lipinski definition) is 4. The molecule has 19 heavy (non-hydrogen) atoms. The van der Waals surface area contributed by atoms with Crippen LogP contribution in [0.4, 0.5) is 4.39 Å². The van der Waals surface area contributed by atoms with E-state index in [2.05, 4.69) is 0 Å². The average Bonchev–Trinajstić information content (AvgIpc) is 2.41. The second kappa shape index (κ2) is 5.16. The summed E-state index contributed by atoms with van der Waals surface area (Å²) < 4.78 is 13.6. The van der Waals surface area contributed by atoms with Crippen molar-refractivity contribution in [2.45, 2.75) is 25.4 Å². The van der Waals surface area contributed by atoms with Crippen LogP contribution in [0.3, 0.4) is 0 Å². The molecule has 2 N–H and O–H groups in total. The van der Waals surface area contributed by atoms with Crippen LogP contribution in [0.25, 0.3) is 0 Å². The normalized spacial score (nSPS) is 19.4. The van der Waals surface area contributed by atoms with Gasteiger partial charge in [0.15, 0.2) is 0 Å². The van der Waals surface area contributed by atoms with E-state index >= 15 is 0 Å². The molecule has 1 aliphatic rings. The van der Waals surface area contributed by atoms with Crippen molar-refractivity contribution in [1.29, 1.82) is 5.26 Å². The summed E-state index contributed by atoms with van der Waals surface area (Å²) in [5.74, 6) is -1.43. The summed E-state index contributed by atoms with van der Waals surface area (Å²) in [6.45, 7) is -0.188. The molecular weight excluding hydrogens is 249 g/mol. The van der Waals surface area contributed by atoms with E-state index in [1.807, 2.05) is 6.07 Å². The third-order valence-corrected chi connectivity index (χ3v) is 3.06. The first-order valence-corrected chi connectivity index (χ1v) is 5.81. The van der Waals surface area contributed by atoms with Crippen LogP contribution in [0.5, 0.6) is 0 Å². The largest absolute Gasteiger partial charge is 0.320 e. The zero-order chi connectivity index (χ0) is 14.0. The number of rotatable bonds is 2. The van der Waals surface area contributed by atoms with Crippen LogP contribution in [0.2, 0.25) is 0 Å². The topological polar surface area (TPSA) is 87.2 Å². The van der Waals surface area contributed by atoms with E-state index in [9.17, 15) is 14.0 Å². The van der Waals surface area contributed by atoms with Crippen molar-refractivity contribution >= 4 is 11.8 Å². The Balaban J connectivity index is 2.27. The molecule has 2 amide bonds. The average molecular weight is 261 g/mol. The highest BCUT2D eigenvalue weighted by Gasteiger charge is 2.32. The molecule has 5 nitrogen and oxygen atoms in total. The fourth-order valence-corrected chi connectivity index (χ4v) is 1.96. The molecule has 6 heteroatoms. The highest BCUT2D eigenvalue weighted by Crippen LogP contribution is 2.18. The van der Waals surface area contributed by atoms with Crippen molar-refractivity contribution in [3.63, 3.8) is 0 Å². The van der Waals surface area contributed by atoms with Crippen LogP contribution in [0.1, 0.15) is 24.0 Å². The van der Waals surface area contributed by atoms with E-state index in [1.165, 1.54) is 12.1 Å². The van der Waals surface area contributed by atoms with Crippen LogP contribution in [0, 0.1) is 17.1 Å². The minimum absolute atomic E-state index is 0.134. The monoisotopic (exact) mass is 261 g/mol. The number of piperidine rings is 1. The Morgan fingerprint density at radius 1 is 1.47 bits per heavy atom. The molecule has 0 spiro atoms. The van der Waals surface area contributed by atoms with Crippen molar-refractivity contribution in [1.82, 2.24) is 4.90 Å². The molecule has 0 aliphatic carbocycles. The lowest BCUT2D eigenvalue weighted by molar-refractivity contribution is -0.149. The van der Waals surface area contributed by atoms with Gasteiger partial charge in [0.25, 0.3) is 0 Å². The van der Waals surface area contributed by atoms with Gasteiger partial charge >= 0.3 is 0 Å². The molecule has 0 aromatic heterocycles. The molecule has 2 rings (SSSR count). The molecule has 1 aliphatic heterocycles. The molecule has 0 bridgehead atoms. The van der Waals surface area contributed by atoms with Crippen molar-refractivity contribution < 1.29 is 14.0 Å². The van der Waals surface area contributed by atoms with Gasteiger partial charge < -0.3 is 5.73 Å². The molecule has 1 heterocycles. The Hall–Kier alpha value is -2.26. The first-order valence-electron chi connectivity index (χ1n) is 5.81. The van der Waals surface area contributed by atoms with Gasteiger partial charge in [0.2, 0.25) is 11.8 Å². The van der Waals surface area contributed by atoms with Crippen molar-refractivity contribution in [3.05, 3.63) is 35.1 Å². The van der Waals surface area contributed by atoms with E-state index < -0.39 is 17.8 Å². The highest BCUT2D eigenvalue weighted by atomic mass is 19.1. The number of carbonyl (C=O) groups excluding carboxylic acids is 2. The second-order valence-electron chi connectivity index (χ2n) is 4.38. The Bertz CT molecular complexity index is 580. The van der Waals surface area contributed by atoms with Crippen LogP contribution in [0.15, 0.2) is 18.2 Å². The minimum atomic E-state index is -0.722. The summed E-state index contributed by atoms with van der Waals surface area (Å²) in [6, 6.07) is 4.97. The van der Waals surface area contributed by atoms with Crippen LogP contribution in [-0.4, -0.2) is 22.8 Å². The molecule has 1 unspecified atom stereocenters. The molecule has 1 atom stereocenters. The van der Waals surface area contributed by atoms with Gasteiger partial charge in [-0.15, -0.1) is 0 Å². The quantitative estimate of drug-likeness (QED) is 0.793. The minimum Gasteiger partial charge on any atom is -0.320 e. The van der Waals surface area contributed by atoms with E-state index in [-0.39, 0.29) is 30.0 Å². The number of amides is 2. The summed E-state index contributed by atoms with van der Waals surface area (Å²) in [7, 11) is 0. The summed E-state index contributed by atoms with van der Waals surface area (Å²) in [5, 5.41) is 8.76. The van der Waals surface area contributed by atoms with E-state index in [1.54, 1.807) is 0 Å². The first kappa shape index (κ1) is 13.2. The van der Waals surface area contributed by atoms with Crippen molar-refractivity contribution in [2.75, 3.05) is 0 Å². The maximum atomic E-state index is 13.6. The SMILES string of the molecule is N#Cc1ccc(F)c(CN2C(=O)CCC(N)C2=O)c1. The van der Waals surface area contributed by atoms with Crippen LogP contribution < -0.4 is 5.73 Å². The van der Waals surface area contributed by atoms with Crippen LogP contribution in [-0.2, 0) is 16.1 Å². The van der Waals surface area contributed by atoms with Gasteiger partial charge in [0.05, 0.1) is 24.2 Å². The number of imide groups is 1.